The van der Waals surface area contributed by atoms with E-state index >= 15 is 0 Å². The van der Waals surface area contributed by atoms with Crippen LogP contribution in [-0.4, -0.2) is 9.55 Å². The molecule has 0 bridgehead atoms. The van der Waals surface area contributed by atoms with Crippen LogP contribution in [0.3, 0.4) is 0 Å². The Balaban J connectivity index is 2.77. The van der Waals surface area contributed by atoms with Crippen molar-refractivity contribution >= 4 is 11.0 Å². The van der Waals surface area contributed by atoms with E-state index in [0.29, 0.717) is 0 Å². The van der Waals surface area contributed by atoms with Gasteiger partial charge in [0.05, 0.1) is 22.9 Å². The molecule has 0 fully saturated rings. The highest BCUT2D eigenvalue weighted by molar-refractivity contribution is 5.77. The van der Waals surface area contributed by atoms with Crippen molar-refractivity contribution in [1.29, 1.82) is 0 Å². The number of rotatable bonds is 1. The Morgan fingerprint density at radius 2 is 2.36 bits per heavy atom. The second-order valence-electron chi connectivity index (χ2n) is 3.00. The van der Waals surface area contributed by atoms with Crippen molar-refractivity contribution in [3.05, 3.63) is 29.8 Å². The number of terminal acetylenes is 1. The van der Waals surface area contributed by atoms with E-state index in [4.69, 9.17) is 6.42 Å². The molecule has 0 atom stereocenters. The molecule has 1 heterocycles. The summed E-state index contributed by atoms with van der Waals surface area (Å²) in [7, 11) is 0. The first-order chi connectivity index (χ1) is 6.76. The van der Waals surface area contributed by atoms with Crippen LogP contribution >= 0.6 is 0 Å². The maximum absolute atomic E-state index is 13.3. The molecule has 0 spiro atoms. The lowest BCUT2D eigenvalue weighted by Crippen LogP contribution is -1.92. The molecule has 0 aliphatic rings. The third-order valence-electron chi connectivity index (χ3n) is 2.21. The minimum atomic E-state index is -0.366. The molecule has 70 valence electrons. The summed E-state index contributed by atoms with van der Waals surface area (Å²) in [5.74, 6) is 1.92. The van der Waals surface area contributed by atoms with Crippen molar-refractivity contribution in [1.82, 2.24) is 9.55 Å². The summed E-state index contributed by atoms with van der Waals surface area (Å²) < 4.78 is 15.2. The summed E-state index contributed by atoms with van der Waals surface area (Å²) in [6, 6.07) is 3.03. The number of hydrogen-bond acceptors (Lipinski definition) is 1. The van der Waals surface area contributed by atoms with Crippen molar-refractivity contribution in [3.8, 4) is 12.3 Å². The summed E-state index contributed by atoms with van der Waals surface area (Å²) in [5.41, 5.74) is 1.78. The lowest BCUT2D eigenvalue weighted by molar-refractivity contribution is 0.625. The maximum atomic E-state index is 13.3. The molecule has 14 heavy (non-hydrogen) atoms. The van der Waals surface area contributed by atoms with E-state index in [1.807, 2.05) is 11.5 Å². The molecule has 0 aliphatic heterocycles. The number of aryl methyl sites for hydroxylation is 1. The smallest absolute Gasteiger partial charge is 0.141 e. The van der Waals surface area contributed by atoms with Crippen LogP contribution < -0.4 is 0 Å². The van der Waals surface area contributed by atoms with Gasteiger partial charge in [0.25, 0.3) is 0 Å². The summed E-state index contributed by atoms with van der Waals surface area (Å²) in [5, 5.41) is 0. The van der Waals surface area contributed by atoms with Crippen molar-refractivity contribution in [2.45, 2.75) is 13.5 Å². The average Bonchev–Trinajstić information content (AvgIpc) is 2.58. The number of imidazole rings is 1. The highest BCUT2D eigenvalue weighted by Gasteiger charge is 2.06. The Kier molecular flexibility index (Phi) is 1.97. The lowest BCUT2D eigenvalue weighted by Gasteiger charge is -1.99. The van der Waals surface area contributed by atoms with Crippen LogP contribution in [0, 0.1) is 18.2 Å². The molecular weight excluding hydrogens is 179 g/mol. The predicted molar refractivity (Wildman–Crippen MR) is 53.3 cm³/mol. The second-order valence-corrected chi connectivity index (χ2v) is 3.00. The Bertz CT molecular complexity index is 520. The van der Waals surface area contributed by atoms with E-state index in [2.05, 4.69) is 10.9 Å². The molecule has 1 aromatic carbocycles. The molecule has 0 N–H and O–H groups in total. The molecule has 1 aromatic heterocycles. The van der Waals surface area contributed by atoms with Crippen molar-refractivity contribution in [2.75, 3.05) is 0 Å². The largest absolute Gasteiger partial charge is 0.331 e. The average molecular weight is 188 g/mol. The van der Waals surface area contributed by atoms with Crippen LogP contribution in [0.25, 0.3) is 11.0 Å². The van der Waals surface area contributed by atoms with Gasteiger partial charge in [0, 0.05) is 12.6 Å². The highest BCUT2D eigenvalue weighted by Crippen LogP contribution is 2.17. The second kappa shape index (κ2) is 3.15. The van der Waals surface area contributed by atoms with E-state index in [9.17, 15) is 4.39 Å². The summed E-state index contributed by atoms with van der Waals surface area (Å²) in [6.45, 7) is 2.75. The molecule has 3 heteroatoms. The molecule has 0 saturated heterocycles. The third kappa shape index (κ3) is 1.16. The zero-order valence-electron chi connectivity index (χ0n) is 7.79. The monoisotopic (exact) mass is 188 g/mol. The van der Waals surface area contributed by atoms with Gasteiger partial charge in [0.1, 0.15) is 5.82 Å². The molecule has 0 saturated carbocycles. The Labute approximate surface area is 81.4 Å². The molecule has 0 aliphatic carbocycles. The van der Waals surface area contributed by atoms with Gasteiger partial charge in [-0.1, -0.05) is 5.92 Å². The normalized spacial score (nSPS) is 10.4. The zero-order chi connectivity index (χ0) is 10.1. The van der Waals surface area contributed by atoms with E-state index in [-0.39, 0.29) is 11.4 Å². The fourth-order valence-electron chi connectivity index (χ4n) is 1.44. The number of nitrogens with zero attached hydrogens (tertiary/aromatic N) is 2. The van der Waals surface area contributed by atoms with E-state index in [0.717, 1.165) is 17.6 Å². The van der Waals surface area contributed by atoms with Gasteiger partial charge in [-0.3, -0.25) is 0 Å². The van der Waals surface area contributed by atoms with Gasteiger partial charge < -0.3 is 4.57 Å². The molecule has 2 nitrogen and oxygen atoms in total. The van der Waals surface area contributed by atoms with Crippen molar-refractivity contribution in [3.63, 3.8) is 0 Å². The van der Waals surface area contributed by atoms with Gasteiger partial charge in [0.15, 0.2) is 0 Å². The SMILES string of the molecule is C#Cc1cc2ncn(CC)c2cc1F. The third-order valence-corrected chi connectivity index (χ3v) is 2.21. The van der Waals surface area contributed by atoms with E-state index in [1.165, 1.54) is 6.07 Å². The van der Waals surface area contributed by atoms with Gasteiger partial charge >= 0.3 is 0 Å². The Morgan fingerprint density at radius 1 is 1.57 bits per heavy atom. The van der Waals surface area contributed by atoms with Gasteiger partial charge in [0.2, 0.25) is 0 Å². The first-order valence-electron chi connectivity index (χ1n) is 4.37. The Hall–Kier alpha value is -1.82. The minimum Gasteiger partial charge on any atom is -0.331 e. The number of benzene rings is 1. The van der Waals surface area contributed by atoms with E-state index < -0.39 is 0 Å². The lowest BCUT2D eigenvalue weighted by atomic mass is 10.2. The van der Waals surface area contributed by atoms with Crippen molar-refractivity contribution < 1.29 is 4.39 Å². The topological polar surface area (TPSA) is 17.8 Å². The van der Waals surface area contributed by atoms with E-state index in [1.54, 1.807) is 12.4 Å². The number of hydrogen-bond donors (Lipinski definition) is 0. The summed E-state index contributed by atoms with van der Waals surface area (Å²) in [6.07, 6.45) is 6.84. The van der Waals surface area contributed by atoms with Crippen molar-refractivity contribution in [2.24, 2.45) is 0 Å². The van der Waals surface area contributed by atoms with Crippen LogP contribution in [0.15, 0.2) is 18.5 Å². The fourth-order valence-corrected chi connectivity index (χ4v) is 1.44. The zero-order valence-corrected chi connectivity index (χ0v) is 7.79. The highest BCUT2D eigenvalue weighted by atomic mass is 19.1. The molecule has 0 radical (unpaired) electrons. The van der Waals surface area contributed by atoms with Crippen LogP contribution in [0.2, 0.25) is 0 Å². The maximum Gasteiger partial charge on any atom is 0.141 e. The predicted octanol–water partition coefficient (Wildman–Crippen LogP) is 2.18. The molecule has 0 amide bonds. The van der Waals surface area contributed by atoms with Gasteiger partial charge in [-0.2, -0.15) is 0 Å². The molecular formula is C11H9FN2. The van der Waals surface area contributed by atoms with Crippen LogP contribution in [0.4, 0.5) is 4.39 Å². The van der Waals surface area contributed by atoms with Crippen LogP contribution in [0.5, 0.6) is 0 Å². The summed E-state index contributed by atoms with van der Waals surface area (Å²) >= 11 is 0. The number of aromatic nitrogens is 2. The fraction of sp³-hybridized carbons (Fsp3) is 0.182. The standard InChI is InChI=1S/C11H9FN2/c1-3-8-5-10-11(6-9(8)12)14(4-2)7-13-10/h1,5-7H,4H2,2H3. The first kappa shape index (κ1) is 8.76. The van der Waals surface area contributed by atoms with Gasteiger partial charge in [-0.15, -0.1) is 6.42 Å². The minimum absolute atomic E-state index is 0.263. The number of fused-ring (bicyclic) bond motifs is 1. The van der Waals surface area contributed by atoms with Gasteiger partial charge in [-0.25, -0.2) is 9.37 Å². The molecule has 0 unspecified atom stereocenters. The quantitative estimate of drug-likeness (QED) is 0.627. The van der Waals surface area contributed by atoms with Gasteiger partial charge in [-0.05, 0) is 13.0 Å². The molecule has 2 aromatic rings. The Morgan fingerprint density at radius 3 is 3.00 bits per heavy atom. The number of halogens is 1. The van der Waals surface area contributed by atoms with Crippen LogP contribution in [-0.2, 0) is 6.54 Å². The first-order valence-corrected chi connectivity index (χ1v) is 4.37. The molecule has 2 rings (SSSR count). The van der Waals surface area contributed by atoms with Crippen LogP contribution in [0.1, 0.15) is 12.5 Å². The summed E-state index contributed by atoms with van der Waals surface area (Å²) in [4.78, 5) is 4.14.